The van der Waals surface area contributed by atoms with Gasteiger partial charge in [0.05, 0.1) is 0 Å². The second kappa shape index (κ2) is 7.06. The van der Waals surface area contributed by atoms with Crippen molar-refractivity contribution in [3.63, 3.8) is 0 Å². The molecule has 0 saturated carbocycles. The average molecular weight is 339 g/mol. The first-order valence-corrected chi connectivity index (χ1v) is 8.57. The van der Waals surface area contributed by atoms with Gasteiger partial charge in [-0.3, -0.25) is 4.90 Å². The van der Waals surface area contributed by atoms with E-state index in [2.05, 4.69) is 71.3 Å². The lowest BCUT2D eigenvalue weighted by Crippen LogP contribution is -2.58. The van der Waals surface area contributed by atoms with Crippen molar-refractivity contribution in [3.8, 4) is 0 Å². The lowest BCUT2D eigenvalue weighted by molar-refractivity contribution is 0.0872. The summed E-state index contributed by atoms with van der Waals surface area (Å²) in [6.45, 7) is 7.25. The van der Waals surface area contributed by atoms with E-state index >= 15 is 0 Å². The average Bonchev–Trinajstić information content (AvgIpc) is 3.00. The minimum absolute atomic E-state index is 0.237. The summed E-state index contributed by atoms with van der Waals surface area (Å²) in [6.07, 6.45) is 4.95. The van der Waals surface area contributed by atoms with Gasteiger partial charge in [-0.05, 0) is 64.4 Å². The normalized spacial score (nSPS) is 20.8. The van der Waals surface area contributed by atoms with Gasteiger partial charge in [0.2, 0.25) is 0 Å². The van der Waals surface area contributed by atoms with Gasteiger partial charge in [-0.1, -0.05) is 41.1 Å². The summed E-state index contributed by atoms with van der Waals surface area (Å²) in [6, 6.07) is 9.06. The Kier molecular flexibility index (Phi) is 5.65. The maximum absolute atomic E-state index is 3.68. The van der Waals surface area contributed by atoms with E-state index in [4.69, 9.17) is 0 Å². The van der Waals surface area contributed by atoms with Crippen molar-refractivity contribution in [1.29, 1.82) is 0 Å². The molecule has 1 aromatic carbocycles. The Labute approximate surface area is 132 Å². The van der Waals surface area contributed by atoms with Crippen LogP contribution in [0.25, 0.3) is 0 Å². The highest BCUT2D eigenvalue weighted by Crippen LogP contribution is 2.30. The predicted molar refractivity (Wildman–Crippen MR) is 90.2 cm³/mol. The summed E-state index contributed by atoms with van der Waals surface area (Å²) in [7, 11) is 2.10. The van der Waals surface area contributed by atoms with Gasteiger partial charge < -0.3 is 5.32 Å². The summed E-state index contributed by atoms with van der Waals surface area (Å²) >= 11 is 3.68. The van der Waals surface area contributed by atoms with E-state index in [0.717, 1.165) is 6.42 Å². The molecule has 1 aliphatic heterocycles. The molecule has 0 amide bonds. The minimum Gasteiger partial charge on any atom is -0.315 e. The van der Waals surface area contributed by atoms with E-state index in [1.807, 2.05) is 0 Å². The SMILES string of the molecule is CCC(C)(C(Cc1ccccc1Br)NC)N1CCCC1. The minimum atomic E-state index is 0.237. The van der Waals surface area contributed by atoms with E-state index in [-0.39, 0.29) is 5.54 Å². The molecule has 2 rings (SSSR count). The fourth-order valence-corrected chi connectivity index (χ4v) is 3.88. The molecular weight excluding hydrogens is 312 g/mol. The molecular formula is C17H27BrN2. The van der Waals surface area contributed by atoms with Crippen molar-refractivity contribution >= 4 is 15.9 Å². The molecule has 1 saturated heterocycles. The standard InChI is InChI=1S/C17H27BrN2/c1-4-17(2,20-11-7-8-12-20)16(19-3)13-14-9-5-6-10-15(14)18/h5-6,9-10,16,19H,4,7-8,11-13H2,1-3H3. The van der Waals surface area contributed by atoms with Crippen LogP contribution in [-0.2, 0) is 6.42 Å². The number of nitrogens with zero attached hydrogens (tertiary/aromatic N) is 1. The van der Waals surface area contributed by atoms with E-state index in [1.54, 1.807) is 0 Å². The maximum Gasteiger partial charge on any atom is 0.0334 e. The van der Waals surface area contributed by atoms with Crippen molar-refractivity contribution in [1.82, 2.24) is 10.2 Å². The first kappa shape index (κ1) is 16.0. The summed E-state index contributed by atoms with van der Waals surface area (Å²) < 4.78 is 1.22. The zero-order chi connectivity index (χ0) is 14.6. The molecule has 0 radical (unpaired) electrons. The second-order valence-electron chi connectivity index (χ2n) is 6.04. The van der Waals surface area contributed by atoms with Gasteiger partial charge in [0.1, 0.15) is 0 Å². The Morgan fingerprint density at radius 1 is 1.30 bits per heavy atom. The van der Waals surface area contributed by atoms with Gasteiger partial charge in [-0.15, -0.1) is 0 Å². The van der Waals surface area contributed by atoms with E-state index in [9.17, 15) is 0 Å². The predicted octanol–water partition coefficient (Wildman–Crippen LogP) is 3.84. The third-order valence-corrected chi connectivity index (χ3v) is 5.80. The van der Waals surface area contributed by atoms with Crippen molar-refractivity contribution in [3.05, 3.63) is 34.3 Å². The zero-order valence-electron chi connectivity index (χ0n) is 13.0. The quantitative estimate of drug-likeness (QED) is 0.847. The van der Waals surface area contributed by atoms with Crippen LogP contribution >= 0.6 is 15.9 Å². The molecule has 2 nitrogen and oxygen atoms in total. The molecule has 0 aliphatic carbocycles. The first-order chi connectivity index (χ1) is 9.61. The van der Waals surface area contributed by atoms with Crippen LogP contribution in [0.5, 0.6) is 0 Å². The van der Waals surface area contributed by atoms with Crippen LogP contribution in [0.1, 0.15) is 38.7 Å². The second-order valence-corrected chi connectivity index (χ2v) is 6.90. The van der Waals surface area contributed by atoms with Gasteiger partial charge in [0.25, 0.3) is 0 Å². The van der Waals surface area contributed by atoms with Gasteiger partial charge in [0.15, 0.2) is 0 Å². The van der Waals surface area contributed by atoms with Gasteiger partial charge in [-0.2, -0.15) is 0 Å². The van der Waals surface area contributed by atoms with E-state index < -0.39 is 0 Å². The van der Waals surface area contributed by atoms with Crippen molar-refractivity contribution in [2.45, 2.75) is 51.1 Å². The first-order valence-electron chi connectivity index (χ1n) is 7.77. The zero-order valence-corrected chi connectivity index (χ0v) is 14.5. The van der Waals surface area contributed by atoms with E-state index in [0.29, 0.717) is 6.04 Å². The highest BCUT2D eigenvalue weighted by atomic mass is 79.9. The van der Waals surface area contributed by atoms with E-state index in [1.165, 1.54) is 42.4 Å². The van der Waals surface area contributed by atoms with Gasteiger partial charge in [0, 0.05) is 16.1 Å². The maximum atomic E-state index is 3.68. The van der Waals surface area contributed by atoms with Crippen LogP contribution in [-0.4, -0.2) is 36.6 Å². The molecule has 0 spiro atoms. The smallest absolute Gasteiger partial charge is 0.0334 e. The molecule has 1 aromatic rings. The summed E-state index contributed by atoms with van der Waals surface area (Å²) in [5, 5.41) is 3.58. The van der Waals surface area contributed by atoms with Gasteiger partial charge >= 0.3 is 0 Å². The molecule has 2 atom stereocenters. The molecule has 2 unspecified atom stereocenters. The number of rotatable bonds is 6. The summed E-state index contributed by atoms with van der Waals surface area (Å²) in [5.41, 5.74) is 1.63. The Morgan fingerprint density at radius 3 is 2.50 bits per heavy atom. The third kappa shape index (κ3) is 3.26. The van der Waals surface area contributed by atoms with Crippen molar-refractivity contribution < 1.29 is 0 Å². The van der Waals surface area contributed by atoms with Crippen LogP contribution in [0, 0.1) is 0 Å². The van der Waals surface area contributed by atoms with Crippen LogP contribution in [0.15, 0.2) is 28.7 Å². The lowest BCUT2D eigenvalue weighted by atomic mass is 9.83. The third-order valence-electron chi connectivity index (χ3n) is 5.03. The van der Waals surface area contributed by atoms with Gasteiger partial charge in [-0.25, -0.2) is 0 Å². The molecule has 1 aliphatic rings. The number of hydrogen-bond acceptors (Lipinski definition) is 2. The number of hydrogen-bond donors (Lipinski definition) is 1. The van der Waals surface area contributed by atoms with Crippen molar-refractivity contribution in [2.24, 2.45) is 0 Å². The Bertz CT molecular complexity index is 429. The Hall–Kier alpha value is -0.380. The fraction of sp³-hybridized carbons (Fsp3) is 0.647. The largest absolute Gasteiger partial charge is 0.315 e. The van der Waals surface area contributed by atoms with Crippen LogP contribution in [0.4, 0.5) is 0 Å². The molecule has 0 bridgehead atoms. The highest BCUT2D eigenvalue weighted by molar-refractivity contribution is 9.10. The highest BCUT2D eigenvalue weighted by Gasteiger charge is 2.38. The Balaban J connectivity index is 2.19. The molecule has 0 aromatic heterocycles. The number of likely N-dealkylation sites (tertiary alicyclic amines) is 1. The monoisotopic (exact) mass is 338 g/mol. The number of nitrogens with one attached hydrogen (secondary N) is 1. The summed E-state index contributed by atoms with van der Waals surface area (Å²) in [5.74, 6) is 0. The number of benzene rings is 1. The Morgan fingerprint density at radius 2 is 1.95 bits per heavy atom. The topological polar surface area (TPSA) is 15.3 Å². The van der Waals surface area contributed by atoms with Crippen LogP contribution in [0.3, 0.4) is 0 Å². The number of likely N-dealkylation sites (N-methyl/N-ethyl adjacent to an activating group) is 1. The lowest BCUT2D eigenvalue weighted by Gasteiger charge is -2.44. The molecule has 20 heavy (non-hydrogen) atoms. The molecule has 3 heteroatoms. The van der Waals surface area contributed by atoms with Crippen LogP contribution in [0.2, 0.25) is 0 Å². The number of halogens is 1. The molecule has 1 heterocycles. The summed E-state index contributed by atoms with van der Waals surface area (Å²) in [4.78, 5) is 2.69. The molecule has 1 fully saturated rings. The van der Waals surface area contributed by atoms with Crippen molar-refractivity contribution in [2.75, 3.05) is 20.1 Å². The fourth-order valence-electron chi connectivity index (χ4n) is 3.44. The molecule has 112 valence electrons. The van der Waals surface area contributed by atoms with Crippen LogP contribution < -0.4 is 5.32 Å². The molecule has 1 N–H and O–H groups in total.